The Hall–Kier alpha value is -2.48. The van der Waals surface area contributed by atoms with Crippen LogP contribution in [0.15, 0.2) is 42.7 Å². The average molecular weight is 277 g/mol. The normalized spacial score (nSPS) is 14.5. The molecule has 3 nitrogen and oxygen atoms in total. The summed E-state index contributed by atoms with van der Waals surface area (Å²) in [6.07, 6.45) is 7.50. The second-order valence-electron chi connectivity index (χ2n) is 5.10. The lowest BCUT2D eigenvalue weighted by Crippen LogP contribution is -2.12. The Balaban J connectivity index is 1.89. The maximum atomic E-state index is 14.3. The lowest BCUT2D eigenvalue weighted by Gasteiger charge is -2.15. The SMILES string of the molecule is N#CB1CC=C(c2ccc(-c3ncccn3)cc2F)CC1. The van der Waals surface area contributed by atoms with Crippen molar-refractivity contribution in [1.82, 2.24) is 9.97 Å². The van der Waals surface area contributed by atoms with Crippen molar-refractivity contribution in [1.29, 1.82) is 5.26 Å². The molecule has 3 rings (SSSR count). The molecule has 0 spiro atoms. The van der Waals surface area contributed by atoms with Crippen molar-refractivity contribution in [2.24, 2.45) is 0 Å². The van der Waals surface area contributed by atoms with Crippen LogP contribution in [0.5, 0.6) is 0 Å². The molecule has 102 valence electrons. The Labute approximate surface area is 123 Å². The Kier molecular flexibility index (Phi) is 3.78. The zero-order chi connectivity index (χ0) is 14.7. The van der Waals surface area contributed by atoms with E-state index in [1.807, 2.05) is 12.1 Å². The minimum Gasteiger partial charge on any atom is -0.237 e. The van der Waals surface area contributed by atoms with Crippen LogP contribution >= 0.6 is 0 Å². The van der Waals surface area contributed by atoms with Crippen LogP contribution < -0.4 is 0 Å². The third kappa shape index (κ3) is 2.85. The second kappa shape index (κ2) is 5.88. The van der Waals surface area contributed by atoms with E-state index in [-0.39, 0.29) is 12.5 Å². The summed E-state index contributed by atoms with van der Waals surface area (Å²) >= 11 is 0. The molecule has 0 bridgehead atoms. The highest BCUT2D eigenvalue weighted by Crippen LogP contribution is 2.30. The topological polar surface area (TPSA) is 49.6 Å². The van der Waals surface area contributed by atoms with Gasteiger partial charge in [0.2, 0.25) is 0 Å². The van der Waals surface area contributed by atoms with Gasteiger partial charge in [-0.2, -0.15) is 0 Å². The molecule has 0 amide bonds. The largest absolute Gasteiger partial charge is 0.271 e. The van der Waals surface area contributed by atoms with Gasteiger partial charge in [-0.05, 0) is 30.4 Å². The van der Waals surface area contributed by atoms with Crippen LogP contribution in [0.3, 0.4) is 0 Å². The van der Waals surface area contributed by atoms with Gasteiger partial charge in [0.15, 0.2) is 5.82 Å². The molecule has 0 fully saturated rings. The van der Waals surface area contributed by atoms with Crippen molar-refractivity contribution in [3.8, 4) is 17.4 Å². The van der Waals surface area contributed by atoms with Gasteiger partial charge in [-0.15, -0.1) is 0 Å². The highest BCUT2D eigenvalue weighted by atomic mass is 19.1. The minimum atomic E-state index is -0.262. The molecule has 5 heteroatoms. The molecule has 0 saturated carbocycles. The van der Waals surface area contributed by atoms with E-state index in [4.69, 9.17) is 5.26 Å². The first-order valence-electron chi connectivity index (χ1n) is 6.94. The molecule has 1 aliphatic heterocycles. The van der Waals surface area contributed by atoms with Gasteiger partial charge in [0, 0.05) is 29.5 Å². The number of aromatic nitrogens is 2. The molecule has 0 atom stereocenters. The summed E-state index contributed by atoms with van der Waals surface area (Å²) in [5.74, 6) is 2.52. The first-order chi connectivity index (χ1) is 10.3. The number of benzene rings is 1. The van der Waals surface area contributed by atoms with Crippen LogP contribution in [0, 0.1) is 17.0 Å². The van der Waals surface area contributed by atoms with Gasteiger partial charge in [0.1, 0.15) is 5.82 Å². The van der Waals surface area contributed by atoms with E-state index < -0.39 is 0 Å². The molecule has 0 unspecified atom stereocenters. The van der Waals surface area contributed by atoms with Gasteiger partial charge < -0.3 is 0 Å². The van der Waals surface area contributed by atoms with Crippen LogP contribution in [-0.2, 0) is 0 Å². The van der Waals surface area contributed by atoms with Crippen molar-refractivity contribution in [2.75, 3.05) is 0 Å². The van der Waals surface area contributed by atoms with E-state index in [0.29, 0.717) is 23.3 Å². The van der Waals surface area contributed by atoms with E-state index in [9.17, 15) is 4.39 Å². The molecule has 0 radical (unpaired) electrons. The monoisotopic (exact) mass is 277 g/mol. The lowest BCUT2D eigenvalue weighted by atomic mass is 9.43. The number of rotatable bonds is 2. The molecular formula is C16H13BFN3. The second-order valence-corrected chi connectivity index (χ2v) is 5.10. The third-order valence-electron chi connectivity index (χ3n) is 3.73. The summed E-state index contributed by atoms with van der Waals surface area (Å²) < 4.78 is 14.3. The highest BCUT2D eigenvalue weighted by molar-refractivity contribution is 6.67. The fourth-order valence-electron chi connectivity index (χ4n) is 2.56. The molecule has 21 heavy (non-hydrogen) atoms. The fraction of sp³-hybridized carbons (Fsp3) is 0.188. The van der Waals surface area contributed by atoms with Crippen LogP contribution in [0.4, 0.5) is 4.39 Å². The molecule has 0 aliphatic carbocycles. The molecule has 1 aliphatic rings. The van der Waals surface area contributed by atoms with E-state index >= 15 is 0 Å². The molecule has 2 aromatic rings. The maximum absolute atomic E-state index is 14.3. The number of nitriles is 1. The van der Waals surface area contributed by atoms with Crippen molar-refractivity contribution in [3.05, 3.63) is 54.1 Å². The summed E-state index contributed by atoms with van der Waals surface area (Å²) in [6.45, 7) is 0.0637. The van der Waals surface area contributed by atoms with Gasteiger partial charge in [-0.3, -0.25) is 0 Å². The first kappa shape index (κ1) is 13.5. The smallest absolute Gasteiger partial charge is 0.237 e. The predicted molar refractivity (Wildman–Crippen MR) is 81.0 cm³/mol. The molecular weight excluding hydrogens is 264 g/mol. The van der Waals surface area contributed by atoms with Crippen molar-refractivity contribution in [3.63, 3.8) is 0 Å². The summed E-state index contributed by atoms with van der Waals surface area (Å²) in [4.78, 5) is 8.25. The fourth-order valence-corrected chi connectivity index (χ4v) is 2.56. The number of hydrogen-bond donors (Lipinski definition) is 0. The minimum absolute atomic E-state index is 0.0637. The van der Waals surface area contributed by atoms with Crippen LogP contribution in [0.2, 0.25) is 12.6 Å². The first-order valence-corrected chi connectivity index (χ1v) is 6.94. The lowest BCUT2D eigenvalue weighted by molar-refractivity contribution is 0.623. The Morgan fingerprint density at radius 3 is 2.67 bits per heavy atom. The molecule has 0 saturated heterocycles. The van der Waals surface area contributed by atoms with E-state index in [1.165, 1.54) is 6.07 Å². The third-order valence-corrected chi connectivity index (χ3v) is 3.73. The average Bonchev–Trinajstić information content (AvgIpc) is 2.56. The molecule has 1 aromatic heterocycles. The zero-order valence-corrected chi connectivity index (χ0v) is 11.5. The van der Waals surface area contributed by atoms with Crippen LogP contribution in [-0.4, -0.2) is 16.7 Å². The number of allylic oxidation sites excluding steroid dienone is 2. The Morgan fingerprint density at radius 2 is 2.05 bits per heavy atom. The predicted octanol–water partition coefficient (Wildman–Crippen LogP) is 3.63. The van der Waals surface area contributed by atoms with E-state index in [0.717, 1.165) is 18.3 Å². The standard InChI is InChI=1S/C16H13BFN3/c18-15-10-13(16-20-8-1-9-21-16)2-3-14(15)12-4-6-17(11-19)7-5-12/h1-4,8-10H,5-7H2. The Morgan fingerprint density at radius 1 is 1.24 bits per heavy atom. The maximum Gasteiger partial charge on any atom is 0.271 e. The summed E-state index contributed by atoms with van der Waals surface area (Å²) in [6, 6.07) is 6.82. The van der Waals surface area contributed by atoms with Crippen molar-refractivity contribution >= 4 is 12.3 Å². The van der Waals surface area contributed by atoms with Gasteiger partial charge in [0.25, 0.3) is 6.71 Å². The molecule has 1 aromatic carbocycles. The van der Waals surface area contributed by atoms with Crippen molar-refractivity contribution in [2.45, 2.75) is 19.1 Å². The quantitative estimate of drug-likeness (QED) is 0.787. The van der Waals surface area contributed by atoms with Gasteiger partial charge >= 0.3 is 0 Å². The van der Waals surface area contributed by atoms with Gasteiger partial charge in [-0.25, -0.2) is 19.6 Å². The number of hydrogen-bond acceptors (Lipinski definition) is 3. The summed E-state index contributed by atoms with van der Waals surface area (Å²) in [7, 11) is 0. The Bertz CT molecular complexity index is 722. The van der Waals surface area contributed by atoms with E-state index in [2.05, 4.69) is 15.9 Å². The summed E-state index contributed by atoms with van der Waals surface area (Å²) in [5.41, 5.74) is 2.27. The van der Waals surface area contributed by atoms with Crippen LogP contribution in [0.1, 0.15) is 12.0 Å². The zero-order valence-electron chi connectivity index (χ0n) is 11.5. The number of nitrogens with zero attached hydrogens (tertiary/aromatic N) is 3. The van der Waals surface area contributed by atoms with E-state index in [1.54, 1.807) is 24.5 Å². The highest BCUT2D eigenvalue weighted by Gasteiger charge is 2.20. The molecule has 2 heterocycles. The van der Waals surface area contributed by atoms with Gasteiger partial charge in [0.05, 0.1) is 0 Å². The summed E-state index contributed by atoms with van der Waals surface area (Å²) in [5, 5.41) is 8.90. The van der Waals surface area contributed by atoms with Crippen LogP contribution in [0.25, 0.3) is 17.0 Å². The number of halogens is 1. The van der Waals surface area contributed by atoms with Gasteiger partial charge in [-0.1, -0.05) is 24.5 Å². The van der Waals surface area contributed by atoms with Crippen molar-refractivity contribution < 1.29 is 4.39 Å². The molecule has 0 N–H and O–H groups in total.